The molecule has 0 atom stereocenters. The molecule has 0 saturated carbocycles. The van der Waals surface area contributed by atoms with Gasteiger partial charge in [0.1, 0.15) is 0 Å². The monoisotopic (exact) mass is 177 g/mol. The van der Waals surface area contributed by atoms with Crippen LogP contribution in [0, 0.1) is 0 Å². The molecule has 4 nitrogen and oxygen atoms in total. The van der Waals surface area contributed by atoms with Gasteiger partial charge in [-0.1, -0.05) is 0 Å². The molecule has 2 heterocycles. The quantitative estimate of drug-likeness (QED) is 0.746. The lowest BCUT2D eigenvalue weighted by Gasteiger charge is -1.99. The van der Waals surface area contributed by atoms with E-state index in [1.807, 2.05) is 18.3 Å². The highest BCUT2D eigenvalue weighted by atomic mass is 16.3. The van der Waals surface area contributed by atoms with Crippen molar-refractivity contribution in [1.29, 1.82) is 0 Å². The molecule has 0 fully saturated rings. The van der Waals surface area contributed by atoms with Gasteiger partial charge in [-0.2, -0.15) is 0 Å². The number of nitrogens with zero attached hydrogens (tertiary/aromatic N) is 1. The Morgan fingerprint density at radius 1 is 1.54 bits per heavy atom. The largest absolute Gasteiger partial charge is 0.449 e. The number of furan rings is 1. The first kappa shape index (κ1) is 7.91. The van der Waals surface area contributed by atoms with E-state index in [1.54, 1.807) is 12.6 Å². The van der Waals surface area contributed by atoms with E-state index in [9.17, 15) is 0 Å². The van der Waals surface area contributed by atoms with Crippen molar-refractivity contribution in [3.8, 4) is 0 Å². The number of rotatable bonds is 4. The molecule has 0 unspecified atom stereocenters. The third kappa shape index (κ3) is 2.11. The molecule has 0 bridgehead atoms. The second kappa shape index (κ2) is 3.80. The van der Waals surface area contributed by atoms with Gasteiger partial charge in [-0.3, -0.25) is 0 Å². The SMILES string of the molecule is c1coc(NCCc2cnc[nH]2)c1. The number of hydrogen-bond donors (Lipinski definition) is 2. The lowest BCUT2D eigenvalue weighted by Crippen LogP contribution is -2.03. The normalized spacial score (nSPS) is 10.2. The van der Waals surface area contributed by atoms with Crippen LogP contribution in [-0.2, 0) is 6.42 Å². The molecule has 68 valence electrons. The molecule has 0 aliphatic rings. The molecular formula is C9H11N3O. The van der Waals surface area contributed by atoms with E-state index in [0.29, 0.717) is 0 Å². The maximum Gasteiger partial charge on any atom is 0.192 e. The molecule has 2 rings (SSSR count). The summed E-state index contributed by atoms with van der Waals surface area (Å²) in [5.74, 6) is 0.805. The average Bonchev–Trinajstić information content (AvgIpc) is 2.75. The van der Waals surface area contributed by atoms with Crippen LogP contribution in [0.25, 0.3) is 0 Å². The molecule has 0 aromatic carbocycles. The van der Waals surface area contributed by atoms with Gasteiger partial charge in [0.25, 0.3) is 0 Å². The van der Waals surface area contributed by atoms with Crippen LogP contribution in [0.4, 0.5) is 5.88 Å². The first-order chi connectivity index (χ1) is 6.45. The van der Waals surface area contributed by atoms with E-state index in [1.165, 1.54) is 0 Å². The molecule has 4 heteroatoms. The Morgan fingerprint density at radius 2 is 2.54 bits per heavy atom. The predicted octanol–water partition coefficient (Wildman–Crippen LogP) is 1.66. The minimum absolute atomic E-state index is 0.805. The van der Waals surface area contributed by atoms with Crippen LogP contribution in [0.2, 0.25) is 0 Å². The van der Waals surface area contributed by atoms with Gasteiger partial charge in [-0.05, 0) is 6.07 Å². The highest BCUT2D eigenvalue weighted by Gasteiger charge is 1.95. The maximum absolute atomic E-state index is 5.12. The Hall–Kier alpha value is -1.71. The third-order valence-electron chi connectivity index (χ3n) is 1.77. The van der Waals surface area contributed by atoms with E-state index in [2.05, 4.69) is 15.3 Å². The molecule has 2 aromatic rings. The Morgan fingerprint density at radius 3 is 3.23 bits per heavy atom. The van der Waals surface area contributed by atoms with E-state index >= 15 is 0 Å². The zero-order valence-electron chi connectivity index (χ0n) is 7.16. The van der Waals surface area contributed by atoms with Crippen LogP contribution >= 0.6 is 0 Å². The second-order valence-electron chi connectivity index (χ2n) is 2.73. The molecule has 0 spiro atoms. The number of anilines is 1. The Bertz CT molecular complexity index is 291. The van der Waals surface area contributed by atoms with Crippen LogP contribution in [0.3, 0.4) is 0 Å². The zero-order chi connectivity index (χ0) is 8.93. The van der Waals surface area contributed by atoms with Crippen molar-refractivity contribution in [2.24, 2.45) is 0 Å². The molecule has 0 aliphatic heterocycles. The summed E-state index contributed by atoms with van der Waals surface area (Å²) in [5, 5.41) is 3.15. The first-order valence-corrected chi connectivity index (χ1v) is 4.20. The fraction of sp³-hybridized carbons (Fsp3) is 0.222. The van der Waals surface area contributed by atoms with Gasteiger partial charge in [-0.15, -0.1) is 0 Å². The van der Waals surface area contributed by atoms with Gasteiger partial charge in [0.05, 0.1) is 12.6 Å². The minimum atomic E-state index is 0.805. The van der Waals surface area contributed by atoms with E-state index < -0.39 is 0 Å². The highest BCUT2D eigenvalue weighted by molar-refractivity contribution is 5.29. The lowest BCUT2D eigenvalue weighted by atomic mass is 10.3. The number of nitrogens with one attached hydrogen (secondary N) is 2. The van der Waals surface area contributed by atoms with Gasteiger partial charge in [0.2, 0.25) is 0 Å². The number of hydrogen-bond acceptors (Lipinski definition) is 3. The van der Waals surface area contributed by atoms with Crippen LogP contribution < -0.4 is 5.32 Å². The molecule has 13 heavy (non-hydrogen) atoms. The molecular weight excluding hydrogens is 166 g/mol. The predicted molar refractivity (Wildman–Crippen MR) is 49.5 cm³/mol. The van der Waals surface area contributed by atoms with Crippen molar-refractivity contribution >= 4 is 5.88 Å². The Balaban J connectivity index is 1.76. The van der Waals surface area contributed by atoms with E-state index in [0.717, 1.165) is 24.5 Å². The Kier molecular flexibility index (Phi) is 2.31. The smallest absolute Gasteiger partial charge is 0.192 e. The summed E-state index contributed by atoms with van der Waals surface area (Å²) in [4.78, 5) is 6.97. The van der Waals surface area contributed by atoms with Gasteiger partial charge < -0.3 is 14.7 Å². The number of imidazole rings is 1. The molecule has 2 N–H and O–H groups in total. The van der Waals surface area contributed by atoms with Crippen LogP contribution in [0.15, 0.2) is 35.3 Å². The van der Waals surface area contributed by atoms with Crippen molar-refractivity contribution < 1.29 is 4.42 Å². The lowest BCUT2D eigenvalue weighted by molar-refractivity contribution is 0.579. The topological polar surface area (TPSA) is 53.9 Å². The van der Waals surface area contributed by atoms with Crippen molar-refractivity contribution in [2.45, 2.75) is 6.42 Å². The van der Waals surface area contributed by atoms with E-state index in [-0.39, 0.29) is 0 Å². The zero-order valence-corrected chi connectivity index (χ0v) is 7.16. The van der Waals surface area contributed by atoms with Crippen molar-refractivity contribution in [3.05, 3.63) is 36.6 Å². The highest BCUT2D eigenvalue weighted by Crippen LogP contribution is 2.06. The standard InChI is InChI=1S/C9H11N3O/c1-2-9(13-5-1)11-4-3-8-6-10-7-12-8/h1-2,5-7,11H,3-4H2,(H,10,12). The summed E-state index contributed by atoms with van der Waals surface area (Å²) in [5.41, 5.74) is 1.12. The summed E-state index contributed by atoms with van der Waals surface area (Å²) in [6, 6.07) is 3.76. The third-order valence-corrected chi connectivity index (χ3v) is 1.77. The van der Waals surface area contributed by atoms with Crippen molar-refractivity contribution in [3.63, 3.8) is 0 Å². The van der Waals surface area contributed by atoms with Crippen LogP contribution in [0.1, 0.15) is 5.69 Å². The van der Waals surface area contributed by atoms with Crippen LogP contribution in [-0.4, -0.2) is 16.5 Å². The van der Waals surface area contributed by atoms with E-state index in [4.69, 9.17) is 4.42 Å². The number of aromatic amines is 1. The summed E-state index contributed by atoms with van der Waals surface area (Å²) >= 11 is 0. The fourth-order valence-corrected chi connectivity index (χ4v) is 1.12. The summed E-state index contributed by atoms with van der Waals surface area (Å²) in [6.07, 6.45) is 6.07. The molecule has 0 radical (unpaired) electrons. The van der Waals surface area contributed by atoms with Gasteiger partial charge >= 0.3 is 0 Å². The molecule has 0 saturated heterocycles. The minimum Gasteiger partial charge on any atom is -0.449 e. The summed E-state index contributed by atoms with van der Waals surface area (Å²) < 4.78 is 5.12. The molecule has 0 amide bonds. The van der Waals surface area contributed by atoms with Crippen molar-refractivity contribution in [1.82, 2.24) is 9.97 Å². The average molecular weight is 177 g/mol. The van der Waals surface area contributed by atoms with Gasteiger partial charge in [0, 0.05) is 30.9 Å². The molecule has 2 aromatic heterocycles. The van der Waals surface area contributed by atoms with Gasteiger partial charge in [-0.25, -0.2) is 4.98 Å². The number of aromatic nitrogens is 2. The Labute approximate surface area is 76.0 Å². The second-order valence-corrected chi connectivity index (χ2v) is 2.73. The number of H-pyrrole nitrogens is 1. The summed E-state index contributed by atoms with van der Waals surface area (Å²) in [7, 11) is 0. The summed E-state index contributed by atoms with van der Waals surface area (Å²) in [6.45, 7) is 0.843. The van der Waals surface area contributed by atoms with Gasteiger partial charge in [0.15, 0.2) is 5.88 Å². The molecule has 0 aliphatic carbocycles. The van der Waals surface area contributed by atoms with Crippen LogP contribution in [0.5, 0.6) is 0 Å². The first-order valence-electron chi connectivity index (χ1n) is 4.20. The fourth-order valence-electron chi connectivity index (χ4n) is 1.12. The maximum atomic E-state index is 5.12. The van der Waals surface area contributed by atoms with Crippen molar-refractivity contribution in [2.75, 3.05) is 11.9 Å².